The molecule has 1 unspecified atom stereocenters. The maximum atomic E-state index is 10.6. The fourth-order valence-corrected chi connectivity index (χ4v) is 1.66. The standard InChI is InChI=1S/C12H19N3O2/c1-4-10(6-12(16)17)7-13-11-5-8(2)14-9(3)15-11/h5,10H,4,6-7H2,1-3H3,(H,16,17)(H,13,14,15). The van der Waals surface area contributed by atoms with E-state index in [1.807, 2.05) is 26.8 Å². The molecule has 0 fully saturated rings. The van der Waals surface area contributed by atoms with Crippen molar-refractivity contribution in [3.05, 3.63) is 17.6 Å². The van der Waals surface area contributed by atoms with E-state index in [9.17, 15) is 4.79 Å². The van der Waals surface area contributed by atoms with Gasteiger partial charge in [-0.15, -0.1) is 0 Å². The Hall–Kier alpha value is -1.65. The van der Waals surface area contributed by atoms with Crippen LogP contribution in [0.25, 0.3) is 0 Å². The largest absolute Gasteiger partial charge is 0.481 e. The molecule has 1 aromatic rings. The maximum Gasteiger partial charge on any atom is 0.303 e. The molecule has 1 rings (SSSR count). The Labute approximate surface area is 101 Å². The smallest absolute Gasteiger partial charge is 0.303 e. The van der Waals surface area contributed by atoms with Gasteiger partial charge in [-0.1, -0.05) is 13.3 Å². The highest BCUT2D eigenvalue weighted by atomic mass is 16.4. The number of nitrogens with one attached hydrogen (secondary N) is 1. The lowest BCUT2D eigenvalue weighted by Gasteiger charge is -2.14. The van der Waals surface area contributed by atoms with Gasteiger partial charge in [-0.2, -0.15) is 0 Å². The number of aryl methyl sites for hydroxylation is 2. The van der Waals surface area contributed by atoms with Gasteiger partial charge in [-0.3, -0.25) is 4.79 Å². The molecule has 0 radical (unpaired) electrons. The predicted octanol–water partition coefficient (Wildman–Crippen LogP) is 2.01. The van der Waals surface area contributed by atoms with Crippen molar-refractivity contribution in [2.75, 3.05) is 11.9 Å². The second kappa shape index (κ2) is 6.18. The zero-order valence-electron chi connectivity index (χ0n) is 10.5. The fraction of sp³-hybridized carbons (Fsp3) is 0.583. The Bertz CT molecular complexity index is 373. The van der Waals surface area contributed by atoms with E-state index in [0.717, 1.165) is 23.8 Å². The Kier molecular flexibility index (Phi) is 4.87. The Morgan fingerprint density at radius 1 is 1.47 bits per heavy atom. The van der Waals surface area contributed by atoms with Gasteiger partial charge < -0.3 is 10.4 Å². The molecular formula is C12H19N3O2. The third-order valence-electron chi connectivity index (χ3n) is 2.58. The van der Waals surface area contributed by atoms with Gasteiger partial charge in [0, 0.05) is 24.7 Å². The van der Waals surface area contributed by atoms with E-state index in [1.165, 1.54) is 0 Å². The monoisotopic (exact) mass is 237 g/mol. The van der Waals surface area contributed by atoms with E-state index < -0.39 is 5.97 Å². The summed E-state index contributed by atoms with van der Waals surface area (Å²) in [4.78, 5) is 19.1. The van der Waals surface area contributed by atoms with Crippen molar-refractivity contribution < 1.29 is 9.90 Å². The summed E-state index contributed by atoms with van der Waals surface area (Å²) >= 11 is 0. The van der Waals surface area contributed by atoms with Crippen molar-refractivity contribution in [1.29, 1.82) is 0 Å². The van der Waals surface area contributed by atoms with Crippen LogP contribution in [0.3, 0.4) is 0 Å². The summed E-state index contributed by atoms with van der Waals surface area (Å²) in [5.41, 5.74) is 0.909. The highest BCUT2D eigenvalue weighted by Crippen LogP contribution is 2.11. The van der Waals surface area contributed by atoms with Crippen LogP contribution in [0.1, 0.15) is 31.3 Å². The Balaban J connectivity index is 2.56. The minimum atomic E-state index is -0.756. The summed E-state index contributed by atoms with van der Waals surface area (Å²) in [6.07, 6.45) is 1.02. The van der Waals surface area contributed by atoms with Crippen molar-refractivity contribution in [2.24, 2.45) is 5.92 Å². The van der Waals surface area contributed by atoms with E-state index in [-0.39, 0.29) is 12.3 Å². The fourth-order valence-electron chi connectivity index (χ4n) is 1.66. The number of hydrogen-bond acceptors (Lipinski definition) is 4. The molecule has 5 heteroatoms. The molecule has 1 atom stereocenters. The van der Waals surface area contributed by atoms with Crippen molar-refractivity contribution >= 4 is 11.8 Å². The SMILES string of the molecule is CCC(CNc1cc(C)nc(C)n1)CC(=O)O. The van der Waals surface area contributed by atoms with Gasteiger partial charge in [-0.25, -0.2) is 9.97 Å². The van der Waals surface area contributed by atoms with Crippen LogP contribution in [0.4, 0.5) is 5.82 Å². The van der Waals surface area contributed by atoms with E-state index >= 15 is 0 Å². The van der Waals surface area contributed by atoms with Gasteiger partial charge in [0.1, 0.15) is 11.6 Å². The summed E-state index contributed by atoms with van der Waals surface area (Å²) in [5, 5.41) is 11.9. The predicted molar refractivity (Wildman–Crippen MR) is 66.0 cm³/mol. The van der Waals surface area contributed by atoms with Gasteiger partial charge in [-0.05, 0) is 19.8 Å². The third kappa shape index (κ3) is 4.80. The van der Waals surface area contributed by atoms with Crippen LogP contribution in [0.2, 0.25) is 0 Å². The minimum Gasteiger partial charge on any atom is -0.481 e. The molecule has 0 aliphatic heterocycles. The molecule has 17 heavy (non-hydrogen) atoms. The lowest BCUT2D eigenvalue weighted by Crippen LogP contribution is -2.18. The van der Waals surface area contributed by atoms with Crippen LogP contribution in [0.15, 0.2) is 6.07 Å². The number of carboxylic acid groups (broad SMARTS) is 1. The number of aromatic nitrogens is 2. The molecule has 0 aliphatic carbocycles. The number of carboxylic acids is 1. The second-order valence-corrected chi connectivity index (χ2v) is 4.19. The summed E-state index contributed by atoms with van der Waals surface area (Å²) < 4.78 is 0. The summed E-state index contributed by atoms with van der Waals surface area (Å²) in [5.74, 6) is 0.856. The summed E-state index contributed by atoms with van der Waals surface area (Å²) in [7, 11) is 0. The van der Waals surface area contributed by atoms with Gasteiger partial charge in [0.15, 0.2) is 0 Å². The first-order valence-electron chi connectivity index (χ1n) is 5.79. The highest BCUT2D eigenvalue weighted by Gasteiger charge is 2.11. The van der Waals surface area contributed by atoms with Crippen LogP contribution < -0.4 is 5.32 Å². The molecule has 2 N–H and O–H groups in total. The second-order valence-electron chi connectivity index (χ2n) is 4.19. The average molecular weight is 237 g/mol. The molecule has 1 aromatic heterocycles. The van der Waals surface area contributed by atoms with Crippen molar-refractivity contribution in [3.63, 3.8) is 0 Å². The normalized spacial score (nSPS) is 12.2. The first-order chi connectivity index (χ1) is 8.01. The third-order valence-corrected chi connectivity index (χ3v) is 2.58. The summed E-state index contributed by atoms with van der Waals surface area (Å²) in [6, 6.07) is 1.86. The van der Waals surface area contributed by atoms with Gasteiger partial charge in [0.05, 0.1) is 0 Å². The van der Waals surface area contributed by atoms with Crippen LogP contribution in [0, 0.1) is 19.8 Å². The number of nitrogens with zero attached hydrogens (tertiary/aromatic N) is 2. The van der Waals surface area contributed by atoms with Crippen molar-refractivity contribution in [2.45, 2.75) is 33.6 Å². The minimum absolute atomic E-state index is 0.128. The lowest BCUT2D eigenvalue weighted by atomic mass is 10.0. The zero-order chi connectivity index (χ0) is 12.8. The van der Waals surface area contributed by atoms with Crippen molar-refractivity contribution in [3.8, 4) is 0 Å². The average Bonchev–Trinajstić information content (AvgIpc) is 2.22. The topological polar surface area (TPSA) is 75.1 Å². The van der Waals surface area contributed by atoms with Crippen LogP contribution in [0.5, 0.6) is 0 Å². The van der Waals surface area contributed by atoms with E-state index in [1.54, 1.807) is 0 Å². The van der Waals surface area contributed by atoms with Gasteiger partial charge in [0.2, 0.25) is 0 Å². The molecular weight excluding hydrogens is 218 g/mol. The summed E-state index contributed by atoms with van der Waals surface area (Å²) in [6.45, 7) is 6.37. The molecule has 1 heterocycles. The number of carbonyl (C=O) groups is 1. The number of hydrogen-bond donors (Lipinski definition) is 2. The molecule has 0 saturated heterocycles. The zero-order valence-corrected chi connectivity index (χ0v) is 10.5. The molecule has 0 saturated carbocycles. The molecule has 0 bridgehead atoms. The Morgan fingerprint density at radius 3 is 2.71 bits per heavy atom. The quantitative estimate of drug-likeness (QED) is 0.791. The molecule has 0 aromatic carbocycles. The molecule has 0 spiro atoms. The van der Waals surface area contributed by atoms with E-state index in [4.69, 9.17) is 5.11 Å². The number of rotatable bonds is 6. The lowest BCUT2D eigenvalue weighted by molar-refractivity contribution is -0.138. The van der Waals surface area contributed by atoms with Gasteiger partial charge in [0.25, 0.3) is 0 Å². The van der Waals surface area contributed by atoms with Crippen LogP contribution >= 0.6 is 0 Å². The first-order valence-corrected chi connectivity index (χ1v) is 5.79. The molecule has 5 nitrogen and oxygen atoms in total. The van der Waals surface area contributed by atoms with Crippen LogP contribution in [-0.2, 0) is 4.79 Å². The molecule has 0 aliphatic rings. The van der Waals surface area contributed by atoms with E-state index in [2.05, 4.69) is 15.3 Å². The Morgan fingerprint density at radius 2 is 2.18 bits per heavy atom. The van der Waals surface area contributed by atoms with Crippen molar-refractivity contribution in [1.82, 2.24) is 9.97 Å². The first kappa shape index (κ1) is 13.4. The van der Waals surface area contributed by atoms with Crippen LogP contribution in [-0.4, -0.2) is 27.6 Å². The van der Waals surface area contributed by atoms with Gasteiger partial charge >= 0.3 is 5.97 Å². The number of anilines is 1. The molecule has 0 amide bonds. The van der Waals surface area contributed by atoms with E-state index in [0.29, 0.717) is 6.54 Å². The highest BCUT2D eigenvalue weighted by molar-refractivity contribution is 5.67. The molecule has 94 valence electrons. The maximum absolute atomic E-state index is 10.6. The number of aliphatic carboxylic acids is 1.